The van der Waals surface area contributed by atoms with E-state index in [0.29, 0.717) is 30.5 Å². The fourth-order valence-corrected chi connectivity index (χ4v) is 2.45. The van der Waals surface area contributed by atoms with Crippen molar-refractivity contribution in [2.75, 3.05) is 5.32 Å². The fraction of sp³-hybridized carbons (Fsp3) is 0.294. The molecule has 1 aliphatic rings. The smallest absolute Gasteiger partial charge is 0.336 e. The summed E-state index contributed by atoms with van der Waals surface area (Å²) >= 11 is 0. The van der Waals surface area contributed by atoms with Crippen LogP contribution in [-0.2, 0) is 4.79 Å². The number of rotatable bonds is 6. The Labute approximate surface area is 133 Å². The summed E-state index contributed by atoms with van der Waals surface area (Å²) in [6.45, 7) is 0. The van der Waals surface area contributed by atoms with E-state index in [1.165, 1.54) is 6.07 Å². The van der Waals surface area contributed by atoms with Crippen LogP contribution in [0.3, 0.4) is 0 Å². The Balaban J connectivity index is 1.59. The monoisotopic (exact) mass is 311 g/mol. The first-order valence-corrected chi connectivity index (χ1v) is 7.42. The summed E-state index contributed by atoms with van der Waals surface area (Å²) in [5.74, 6) is 2.53. The van der Waals surface area contributed by atoms with Gasteiger partial charge in [0.25, 0.3) is 0 Å². The predicted molar refractivity (Wildman–Crippen MR) is 87.4 cm³/mol. The number of hydrogen-bond acceptors (Lipinski definition) is 5. The van der Waals surface area contributed by atoms with Crippen molar-refractivity contribution < 1.29 is 9.21 Å². The first kappa shape index (κ1) is 15.3. The van der Waals surface area contributed by atoms with Gasteiger partial charge in [0.2, 0.25) is 5.91 Å². The molecule has 3 rings (SSSR count). The number of carbonyl (C=O) groups excluding carboxylic acids is 1. The van der Waals surface area contributed by atoms with Crippen molar-refractivity contribution in [3.05, 3.63) is 40.8 Å². The molecular weight excluding hydrogens is 294 g/mol. The molecule has 0 unspecified atom stereocenters. The topological polar surface area (TPSA) is 103 Å². The van der Waals surface area contributed by atoms with Crippen molar-refractivity contribution in [1.82, 2.24) is 10.9 Å². The highest BCUT2D eigenvalue weighted by molar-refractivity contribution is 5.93. The number of anilines is 1. The molecule has 1 fully saturated rings. The van der Waals surface area contributed by atoms with E-state index in [0.717, 1.165) is 11.8 Å². The molecule has 3 N–H and O–H groups in total. The van der Waals surface area contributed by atoms with E-state index in [4.69, 9.17) is 10.8 Å². The molecule has 118 valence electrons. The number of hydrogen-bond donors (Lipinski definition) is 3. The Morgan fingerprint density at radius 2 is 2.09 bits per heavy atom. The molecule has 1 aromatic heterocycles. The zero-order valence-electron chi connectivity index (χ0n) is 12.5. The molecule has 23 heavy (non-hydrogen) atoms. The van der Waals surface area contributed by atoms with Gasteiger partial charge in [-0.1, -0.05) is 0 Å². The van der Waals surface area contributed by atoms with Crippen LogP contribution in [0.4, 0.5) is 5.69 Å². The lowest BCUT2D eigenvalue weighted by Gasteiger charge is -2.10. The highest BCUT2D eigenvalue weighted by Crippen LogP contribution is 2.24. The number of hydrazine groups is 1. The summed E-state index contributed by atoms with van der Waals surface area (Å²) in [6, 6.07) is 8.19. The van der Waals surface area contributed by atoms with E-state index in [1.54, 1.807) is 24.3 Å². The Morgan fingerprint density at radius 1 is 1.26 bits per heavy atom. The summed E-state index contributed by atoms with van der Waals surface area (Å²) in [5, 5.41) is 3.61. The summed E-state index contributed by atoms with van der Waals surface area (Å²) in [6.07, 6.45) is 7.78. The molecule has 6 nitrogen and oxygen atoms in total. The summed E-state index contributed by atoms with van der Waals surface area (Å²) < 4.78 is 5.06. The third-order valence-electron chi connectivity index (χ3n) is 3.86. The number of nitrogens with one attached hydrogen (secondary N) is 3. The Hall–Kier alpha value is -2.62. The van der Waals surface area contributed by atoms with E-state index >= 15 is 0 Å². The van der Waals surface area contributed by atoms with Crippen LogP contribution in [0.15, 0.2) is 39.5 Å². The number of amides is 1. The molecule has 0 atom stereocenters. The summed E-state index contributed by atoms with van der Waals surface area (Å²) in [7, 11) is 0. The second-order valence-corrected chi connectivity index (χ2v) is 5.59. The maximum absolute atomic E-state index is 12.1. The number of benzene rings is 1. The van der Waals surface area contributed by atoms with Gasteiger partial charge in [0, 0.05) is 30.0 Å². The van der Waals surface area contributed by atoms with Gasteiger partial charge >= 0.3 is 5.63 Å². The predicted octanol–water partition coefficient (Wildman–Crippen LogP) is 1.73. The highest BCUT2D eigenvalue weighted by Gasteiger charge is 2.40. The Kier molecular flexibility index (Phi) is 4.15. The van der Waals surface area contributed by atoms with E-state index in [9.17, 15) is 9.59 Å². The SMILES string of the molecule is C#CCCC1(CCC(=O)Nc2ccc3oc(=O)ccc3c2)NN1. The second kappa shape index (κ2) is 6.24. The molecule has 0 radical (unpaired) electrons. The largest absolute Gasteiger partial charge is 0.423 e. The van der Waals surface area contributed by atoms with Crippen LogP contribution >= 0.6 is 0 Å². The molecular formula is C17H17N3O3. The molecule has 2 heterocycles. The van der Waals surface area contributed by atoms with Crippen LogP contribution in [0.2, 0.25) is 0 Å². The first-order valence-electron chi connectivity index (χ1n) is 7.42. The van der Waals surface area contributed by atoms with Gasteiger partial charge in [0.1, 0.15) is 5.58 Å². The lowest BCUT2D eigenvalue weighted by Crippen LogP contribution is -2.21. The van der Waals surface area contributed by atoms with Crippen molar-refractivity contribution in [2.45, 2.75) is 31.3 Å². The quantitative estimate of drug-likeness (QED) is 0.428. The zero-order chi connectivity index (χ0) is 16.3. The van der Waals surface area contributed by atoms with Gasteiger partial charge in [0.15, 0.2) is 0 Å². The molecule has 2 aromatic rings. The maximum atomic E-state index is 12.1. The number of terminal acetylenes is 1. The van der Waals surface area contributed by atoms with Crippen molar-refractivity contribution in [1.29, 1.82) is 0 Å². The second-order valence-electron chi connectivity index (χ2n) is 5.59. The van der Waals surface area contributed by atoms with Gasteiger partial charge in [-0.2, -0.15) is 0 Å². The van der Waals surface area contributed by atoms with Gasteiger partial charge in [-0.15, -0.1) is 12.3 Å². The van der Waals surface area contributed by atoms with E-state index < -0.39 is 5.63 Å². The third-order valence-corrected chi connectivity index (χ3v) is 3.86. The summed E-state index contributed by atoms with van der Waals surface area (Å²) in [5.41, 5.74) is 6.70. The standard InChI is InChI=1S/C17H17N3O3/c1-2-3-9-17(19-20-17)10-8-15(21)18-13-5-6-14-12(11-13)4-7-16(22)23-14/h1,4-7,11,19-20H,3,8-10H2,(H,18,21). The van der Waals surface area contributed by atoms with E-state index in [1.807, 2.05) is 0 Å². The molecule has 0 aliphatic carbocycles. The number of carbonyl (C=O) groups is 1. The molecule has 0 saturated carbocycles. The molecule has 1 amide bonds. The van der Waals surface area contributed by atoms with Crippen LogP contribution in [0, 0.1) is 12.3 Å². The van der Waals surface area contributed by atoms with E-state index in [-0.39, 0.29) is 11.6 Å². The van der Waals surface area contributed by atoms with Gasteiger partial charge in [0.05, 0.1) is 5.66 Å². The van der Waals surface area contributed by atoms with Crippen molar-refractivity contribution in [3.63, 3.8) is 0 Å². The minimum absolute atomic E-state index is 0.0719. The summed E-state index contributed by atoms with van der Waals surface area (Å²) in [4.78, 5) is 23.2. The lowest BCUT2D eigenvalue weighted by atomic mass is 10.0. The minimum Gasteiger partial charge on any atom is -0.423 e. The van der Waals surface area contributed by atoms with Gasteiger partial charge in [-0.05, 0) is 37.1 Å². The Bertz CT molecular complexity index is 831. The molecule has 0 spiro atoms. The fourth-order valence-electron chi connectivity index (χ4n) is 2.45. The minimum atomic E-state index is -0.393. The van der Waals surface area contributed by atoms with Crippen LogP contribution < -0.4 is 21.8 Å². The Morgan fingerprint density at radius 3 is 2.83 bits per heavy atom. The molecule has 6 heteroatoms. The average Bonchev–Trinajstić information content (AvgIpc) is 3.32. The molecule has 1 aliphatic heterocycles. The average molecular weight is 311 g/mol. The first-order chi connectivity index (χ1) is 11.1. The van der Waals surface area contributed by atoms with Crippen molar-refractivity contribution in [2.24, 2.45) is 0 Å². The van der Waals surface area contributed by atoms with Gasteiger partial charge in [-0.25, -0.2) is 15.6 Å². The normalized spacial score (nSPS) is 15.1. The van der Waals surface area contributed by atoms with Crippen LogP contribution in [-0.4, -0.2) is 11.6 Å². The maximum Gasteiger partial charge on any atom is 0.336 e. The third kappa shape index (κ3) is 3.77. The van der Waals surface area contributed by atoms with Gasteiger partial charge < -0.3 is 9.73 Å². The van der Waals surface area contributed by atoms with Crippen molar-refractivity contribution >= 4 is 22.6 Å². The van der Waals surface area contributed by atoms with Gasteiger partial charge in [-0.3, -0.25) is 4.79 Å². The van der Waals surface area contributed by atoms with Crippen molar-refractivity contribution in [3.8, 4) is 12.3 Å². The van der Waals surface area contributed by atoms with Crippen LogP contribution in [0.25, 0.3) is 11.0 Å². The number of fused-ring (bicyclic) bond motifs is 1. The lowest BCUT2D eigenvalue weighted by molar-refractivity contribution is -0.116. The molecule has 1 saturated heterocycles. The highest BCUT2D eigenvalue weighted by atomic mass is 16.4. The van der Waals surface area contributed by atoms with Crippen LogP contribution in [0.1, 0.15) is 25.7 Å². The zero-order valence-corrected chi connectivity index (χ0v) is 12.5. The van der Waals surface area contributed by atoms with E-state index in [2.05, 4.69) is 22.1 Å². The molecule has 1 aromatic carbocycles. The van der Waals surface area contributed by atoms with Crippen LogP contribution in [0.5, 0.6) is 0 Å². The molecule has 0 bridgehead atoms.